The Kier molecular flexibility index (Phi) is 9.01. The third kappa shape index (κ3) is 6.12. The largest absolute Gasteiger partial charge is 0.493 e. The Labute approximate surface area is 221 Å². The number of benzene rings is 2. The van der Waals surface area contributed by atoms with Crippen molar-refractivity contribution in [1.82, 2.24) is 10.6 Å². The summed E-state index contributed by atoms with van der Waals surface area (Å²) < 4.78 is 18.5. The summed E-state index contributed by atoms with van der Waals surface area (Å²) in [5.74, 6) is 3.58. The smallest absolute Gasteiger partial charge is 0.198 e. The number of nitrogens with one attached hydrogen (secondary N) is 2. The van der Waals surface area contributed by atoms with Crippen molar-refractivity contribution in [1.29, 1.82) is 0 Å². The molecule has 2 saturated heterocycles. The average molecular weight is 507 g/mol. The van der Waals surface area contributed by atoms with Crippen molar-refractivity contribution in [2.24, 2.45) is 11.8 Å². The van der Waals surface area contributed by atoms with Gasteiger partial charge in [-0.25, -0.2) is 0 Å². The number of fused-ring (bicyclic) bond motifs is 3. The summed E-state index contributed by atoms with van der Waals surface area (Å²) in [6.07, 6.45) is 9.42. The highest BCUT2D eigenvalue weighted by molar-refractivity contribution is 6.25. The number of carbonyl (C=O) groups excluding carboxylic acids is 1. The molecule has 2 aromatic rings. The van der Waals surface area contributed by atoms with Gasteiger partial charge in [-0.2, -0.15) is 0 Å². The molecule has 0 spiro atoms. The van der Waals surface area contributed by atoms with E-state index in [-0.39, 0.29) is 5.78 Å². The maximum atomic E-state index is 13.6. The van der Waals surface area contributed by atoms with E-state index >= 15 is 0 Å². The summed E-state index contributed by atoms with van der Waals surface area (Å²) in [6.45, 7) is 8.25. The molecule has 0 amide bonds. The van der Waals surface area contributed by atoms with Crippen molar-refractivity contribution in [2.45, 2.75) is 58.3 Å². The Morgan fingerprint density at radius 2 is 1.35 bits per heavy atom. The summed E-state index contributed by atoms with van der Waals surface area (Å²) in [7, 11) is 0. The van der Waals surface area contributed by atoms with Crippen LogP contribution < -0.4 is 24.8 Å². The van der Waals surface area contributed by atoms with Gasteiger partial charge in [-0.15, -0.1) is 0 Å². The minimum atomic E-state index is -0.00300. The number of rotatable bonds is 12. The van der Waals surface area contributed by atoms with E-state index in [0.29, 0.717) is 36.7 Å². The topological polar surface area (TPSA) is 68.8 Å². The summed E-state index contributed by atoms with van der Waals surface area (Å²) in [4.78, 5) is 13.6. The highest BCUT2D eigenvalue weighted by Crippen LogP contribution is 2.50. The Morgan fingerprint density at radius 1 is 0.757 bits per heavy atom. The maximum Gasteiger partial charge on any atom is 0.198 e. The van der Waals surface area contributed by atoms with Gasteiger partial charge in [0.25, 0.3) is 0 Å². The lowest BCUT2D eigenvalue weighted by Crippen LogP contribution is -2.29. The van der Waals surface area contributed by atoms with Gasteiger partial charge < -0.3 is 24.8 Å². The van der Waals surface area contributed by atoms with Crippen LogP contribution in [-0.2, 0) is 0 Å². The van der Waals surface area contributed by atoms with Crippen LogP contribution in [0.25, 0.3) is 11.1 Å². The summed E-state index contributed by atoms with van der Waals surface area (Å²) in [5.41, 5.74) is 2.96. The zero-order chi connectivity index (χ0) is 25.5. The lowest BCUT2D eigenvalue weighted by Gasteiger charge is -2.22. The number of ketones is 1. The summed E-state index contributed by atoms with van der Waals surface area (Å²) in [6, 6.07) is 9.63. The fourth-order valence-electron chi connectivity index (χ4n) is 6.12. The molecule has 6 nitrogen and oxygen atoms in total. The van der Waals surface area contributed by atoms with Gasteiger partial charge in [0.05, 0.1) is 25.4 Å². The van der Waals surface area contributed by atoms with E-state index in [1.807, 2.05) is 37.3 Å². The highest BCUT2D eigenvalue weighted by atomic mass is 16.5. The first-order valence-corrected chi connectivity index (χ1v) is 14.4. The molecule has 6 heteroatoms. The lowest BCUT2D eigenvalue weighted by molar-refractivity contribution is 0.103. The fraction of sp³-hybridized carbons (Fsp3) is 0.581. The minimum absolute atomic E-state index is 0.00300. The third-order valence-electron chi connectivity index (χ3n) is 8.00. The first-order valence-electron chi connectivity index (χ1n) is 14.4. The van der Waals surface area contributed by atoms with Crippen molar-refractivity contribution >= 4 is 5.78 Å². The van der Waals surface area contributed by atoms with Crippen LogP contribution in [0.2, 0.25) is 0 Å². The van der Waals surface area contributed by atoms with Crippen LogP contribution in [0.4, 0.5) is 0 Å². The van der Waals surface area contributed by atoms with E-state index in [4.69, 9.17) is 14.2 Å². The van der Waals surface area contributed by atoms with Gasteiger partial charge in [0.15, 0.2) is 5.78 Å². The Bertz CT molecular complexity index is 1060. The molecule has 0 aromatic heterocycles. The molecule has 3 aliphatic rings. The van der Waals surface area contributed by atoms with Gasteiger partial charge in [0.1, 0.15) is 17.2 Å². The molecule has 0 radical (unpaired) electrons. The first-order chi connectivity index (χ1) is 18.3. The minimum Gasteiger partial charge on any atom is -0.493 e. The van der Waals surface area contributed by atoms with Crippen LogP contribution in [0.5, 0.6) is 17.2 Å². The summed E-state index contributed by atoms with van der Waals surface area (Å²) in [5, 5.41) is 6.98. The maximum absolute atomic E-state index is 13.6. The van der Waals surface area contributed by atoms with Crippen LogP contribution >= 0.6 is 0 Å². The van der Waals surface area contributed by atoms with Crippen molar-refractivity contribution < 1.29 is 19.0 Å². The van der Waals surface area contributed by atoms with Crippen LogP contribution in [0, 0.1) is 11.8 Å². The number of ether oxygens (including phenoxy) is 3. The van der Waals surface area contributed by atoms with E-state index in [9.17, 15) is 4.79 Å². The van der Waals surface area contributed by atoms with Gasteiger partial charge in [0, 0.05) is 16.7 Å². The molecule has 2 heterocycles. The van der Waals surface area contributed by atoms with Gasteiger partial charge >= 0.3 is 0 Å². The second-order valence-corrected chi connectivity index (χ2v) is 10.7. The molecule has 2 aliphatic heterocycles. The SMILES string of the molecule is CCOc1ccc(OCCCC2CCCNC2)c2c1-c1c(OCCCC3CCCNC3)cccc1C2=O. The predicted molar refractivity (Wildman–Crippen MR) is 147 cm³/mol. The molecule has 200 valence electrons. The molecule has 2 atom stereocenters. The molecular weight excluding hydrogens is 464 g/mol. The quantitative estimate of drug-likeness (QED) is 0.311. The van der Waals surface area contributed by atoms with E-state index in [2.05, 4.69) is 10.6 Å². The molecule has 2 unspecified atom stereocenters. The monoisotopic (exact) mass is 506 g/mol. The van der Waals surface area contributed by atoms with Crippen LogP contribution in [0.3, 0.4) is 0 Å². The fourth-order valence-corrected chi connectivity index (χ4v) is 6.12. The van der Waals surface area contributed by atoms with Crippen LogP contribution in [0.1, 0.15) is 74.2 Å². The van der Waals surface area contributed by atoms with Crippen LogP contribution in [-0.4, -0.2) is 51.8 Å². The van der Waals surface area contributed by atoms with Gasteiger partial charge in [-0.3, -0.25) is 4.79 Å². The molecule has 5 rings (SSSR count). The summed E-state index contributed by atoms with van der Waals surface area (Å²) >= 11 is 0. The van der Waals surface area contributed by atoms with Gasteiger partial charge in [-0.1, -0.05) is 12.1 Å². The van der Waals surface area contributed by atoms with Crippen molar-refractivity contribution in [2.75, 3.05) is 46.0 Å². The average Bonchev–Trinajstić information content (AvgIpc) is 3.25. The Morgan fingerprint density at radius 3 is 1.92 bits per heavy atom. The number of carbonyl (C=O) groups is 1. The Balaban J connectivity index is 1.30. The normalized spacial score (nSPS) is 20.8. The highest BCUT2D eigenvalue weighted by Gasteiger charge is 2.35. The Hall–Kier alpha value is -2.57. The lowest BCUT2D eigenvalue weighted by atomic mass is 9.95. The van der Waals surface area contributed by atoms with Crippen molar-refractivity contribution in [3.63, 3.8) is 0 Å². The zero-order valence-electron chi connectivity index (χ0n) is 22.3. The zero-order valence-corrected chi connectivity index (χ0v) is 22.3. The second-order valence-electron chi connectivity index (χ2n) is 10.7. The van der Waals surface area contributed by atoms with Crippen molar-refractivity contribution in [3.05, 3.63) is 41.5 Å². The third-order valence-corrected chi connectivity index (χ3v) is 8.00. The second kappa shape index (κ2) is 12.8. The molecule has 0 saturated carbocycles. The molecule has 0 bridgehead atoms. The number of piperidine rings is 2. The molecule has 37 heavy (non-hydrogen) atoms. The van der Waals surface area contributed by atoms with E-state index in [1.165, 1.54) is 25.7 Å². The van der Waals surface area contributed by atoms with Crippen molar-refractivity contribution in [3.8, 4) is 28.4 Å². The van der Waals surface area contributed by atoms with E-state index < -0.39 is 0 Å². The van der Waals surface area contributed by atoms with Gasteiger partial charge in [-0.05, 0) is 115 Å². The van der Waals surface area contributed by atoms with Crippen LogP contribution in [0.15, 0.2) is 30.3 Å². The predicted octanol–water partition coefficient (Wildman–Crippen LogP) is 5.61. The van der Waals surface area contributed by atoms with E-state index in [1.54, 1.807) is 0 Å². The standard InChI is InChI=1S/C31H42N2O4/c1-2-35-26-14-15-27(37-19-7-11-23-9-5-17-33-21-23)30-29(26)28-24(31(30)34)12-3-13-25(28)36-18-6-10-22-8-4-16-32-20-22/h3,12-15,22-23,32-33H,2,4-11,16-21H2,1H3. The first kappa shape index (κ1) is 26.1. The number of hydrogen-bond acceptors (Lipinski definition) is 6. The number of hydrogen-bond donors (Lipinski definition) is 2. The van der Waals surface area contributed by atoms with E-state index in [0.717, 1.165) is 86.3 Å². The molecule has 2 N–H and O–H groups in total. The molecule has 2 aromatic carbocycles. The molecule has 2 fully saturated rings. The molecule has 1 aliphatic carbocycles. The van der Waals surface area contributed by atoms with Gasteiger partial charge in [0.2, 0.25) is 0 Å². The molecular formula is C31H42N2O4.